The number of anilines is 3. The number of carbonyl (C=O) groups excluding carboxylic acids is 2. The molecular formula is C27H36N6O5. The fourth-order valence-electron chi connectivity index (χ4n) is 4.86. The number of urea groups is 1. The van der Waals surface area contributed by atoms with Crippen molar-refractivity contribution in [1.29, 1.82) is 0 Å². The quantitative estimate of drug-likeness (QED) is 0.589. The van der Waals surface area contributed by atoms with Crippen LogP contribution in [0, 0.1) is 0 Å². The molecule has 2 aromatic heterocycles. The van der Waals surface area contributed by atoms with E-state index in [0.717, 1.165) is 38.0 Å². The molecule has 2 bridgehead atoms. The molecule has 0 radical (unpaired) electrons. The van der Waals surface area contributed by atoms with E-state index in [1.54, 1.807) is 29.3 Å². The van der Waals surface area contributed by atoms with Crippen LogP contribution in [0.3, 0.4) is 0 Å². The molecule has 2 atom stereocenters. The summed E-state index contributed by atoms with van der Waals surface area (Å²) >= 11 is 0. The lowest BCUT2D eigenvalue weighted by Crippen LogP contribution is -2.48. The maximum atomic E-state index is 13.5. The summed E-state index contributed by atoms with van der Waals surface area (Å²) in [6, 6.07) is 6.88. The zero-order valence-corrected chi connectivity index (χ0v) is 22.4. The largest absolute Gasteiger partial charge is 0.491 e. The highest BCUT2D eigenvalue weighted by molar-refractivity contribution is 6.05. The molecule has 204 valence electrons. The van der Waals surface area contributed by atoms with Gasteiger partial charge in [0.05, 0.1) is 18.3 Å². The van der Waals surface area contributed by atoms with E-state index in [2.05, 4.69) is 25.5 Å². The number of fused-ring (bicyclic) bond motifs is 4. The Labute approximate surface area is 222 Å². The van der Waals surface area contributed by atoms with Gasteiger partial charge in [-0.3, -0.25) is 15.0 Å². The number of ether oxygens (including phenoxy) is 3. The smallest absolute Gasteiger partial charge is 0.329 e. The Morgan fingerprint density at radius 3 is 2.74 bits per heavy atom. The van der Waals surface area contributed by atoms with Crippen LogP contribution in [0.1, 0.15) is 57.4 Å². The molecule has 4 aliphatic rings. The number of hydrogen-bond donors (Lipinski definition) is 2. The van der Waals surface area contributed by atoms with E-state index in [1.807, 2.05) is 33.8 Å². The monoisotopic (exact) mass is 524 g/mol. The molecule has 38 heavy (non-hydrogen) atoms. The minimum absolute atomic E-state index is 0.0333. The highest BCUT2D eigenvalue weighted by Crippen LogP contribution is 2.39. The lowest BCUT2D eigenvalue weighted by molar-refractivity contribution is -0.141. The van der Waals surface area contributed by atoms with Crippen molar-refractivity contribution in [1.82, 2.24) is 15.3 Å². The van der Waals surface area contributed by atoms with E-state index >= 15 is 0 Å². The van der Waals surface area contributed by atoms with E-state index in [9.17, 15) is 9.59 Å². The molecule has 2 N–H and O–H groups in total. The molecule has 6 rings (SSSR count). The second kappa shape index (κ2) is 10.7. The van der Waals surface area contributed by atoms with Gasteiger partial charge in [0.25, 0.3) is 5.91 Å². The van der Waals surface area contributed by atoms with Crippen molar-refractivity contribution in [3.05, 3.63) is 36.2 Å². The molecule has 2 aromatic rings. The Balaban J connectivity index is 0.00000144. The Hall–Kier alpha value is -3.44. The summed E-state index contributed by atoms with van der Waals surface area (Å²) < 4.78 is 17.2. The summed E-state index contributed by atoms with van der Waals surface area (Å²) in [5.41, 5.74) is 1.17. The van der Waals surface area contributed by atoms with Crippen molar-refractivity contribution in [3.8, 4) is 5.75 Å². The standard InChI is InChI=1S/C25H30N6O5.C2H6/c1-25(2)35-14-18(36-25)13-34-17-7-9-26-21(11-17)29-24(33)31-16-8-10-30(12-16)20-6-5-19(28-22(20)31)23(32)27-15-3-4-15;1-2/h5-7,9,11,15-16,18H,3-4,8,10,12-14H2,1-2H3,(H,27,32)(H,26,29,33);1-2H3. The number of nitrogens with one attached hydrogen (secondary N) is 2. The van der Waals surface area contributed by atoms with Gasteiger partial charge in [-0.05, 0) is 51.3 Å². The zero-order valence-electron chi connectivity index (χ0n) is 22.4. The first-order chi connectivity index (χ1) is 18.3. The Morgan fingerprint density at radius 1 is 1.18 bits per heavy atom. The van der Waals surface area contributed by atoms with E-state index in [4.69, 9.17) is 14.2 Å². The summed E-state index contributed by atoms with van der Waals surface area (Å²) in [5.74, 6) is 0.611. The predicted molar refractivity (Wildman–Crippen MR) is 143 cm³/mol. The van der Waals surface area contributed by atoms with E-state index < -0.39 is 5.79 Å². The van der Waals surface area contributed by atoms with Crippen molar-refractivity contribution < 1.29 is 23.8 Å². The minimum atomic E-state index is -0.613. The molecule has 3 fully saturated rings. The Morgan fingerprint density at radius 2 is 2.00 bits per heavy atom. The lowest BCUT2D eigenvalue weighted by Gasteiger charge is -2.35. The molecule has 1 aliphatic carbocycles. The molecule has 0 aromatic carbocycles. The number of nitrogens with zero attached hydrogens (tertiary/aromatic N) is 4. The van der Waals surface area contributed by atoms with Gasteiger partial charge in [-0.25, -0.2) is 14.8 Å². The lowest BCUT2D eigenvalue weighted by atomic mass is 10.1. The van der Waals surface area contributed by atoms with Crippen LogP contribution in [-0.4, -0.2) is 72.2 Å². The van der Waals surface area contributed by atoms with Gasteiger partial charge < -0.3 is 24.4 Å². The molecule has 11 nitrogen and oxygen atoms in total. The molecular weight excluding hydrogens is 488 g/mol. The van der Waals surface area contributed by atoms with Crippen LogP contribution in [0.15, 0.2) is 30.5 Å². The fraction of sp³-hybridized carbons (Fsp3) is 0.556. The molecule has 5 heterocycles. The first-order valence-electron chi connectivity index (χ1n) is 13.4. The van der Waals surface area contributed by atoms with Gasteiger partial charge >= 0.3 is 6.03 Å². The number of pyridine rings is 2. The minimum Gasteiger partial charge on any atom is -0.491 e. The molecule has 2 unspecified atom stereocenters. The van der Waals surface area contributed by atoms with Crippen LogP contribution in [0.2, 0.25) is 0 Å². The van der Waals surface area contributed by atoms with Crippen molar-refractivity contribution in [2.45, 2.75) is 70.9 Å². The zero-order chi connectivity index (χ0) is 26.9. The number of aromatic nitrogens is 2. The Bertz CT molecular complexity index is 1190. The van der Waals surface area contributed by atoms with Crippen LogP contribution in [0.4, 0.5) is 22.1 Å². The van der Waals surface area contributed by atoms with E-state index in [0.29, 0.717) is 36.3 Å². The summed E-state index contributed by atoms with van der Waals surface area (Å²) in [6.07, 6.45) is 4.23. The molecule has 0 spiro atoms. The maximum Gasteiger partial charge on any atom is 0.329 e. The van der Waals surface area contributed by atoms with Gasteiger partial charge in [0.1, 0.15) is 30.0 Å². The third-order valence-corrected chi connectivity index (χ3v) is 6.79. The summed E-state index contributed by atoms with van der Waals surface area (Å²) in [5, 5.41) is 5.86. The third kappa shape index (κ3) is 5.68. The highest BCUT2D eigenvalue weighted by atomic mass is 16.7. The first kappa shape index (κ1) is 26.2. The fourth-order valence-corrected chi connectivity index (χ4v) is 4.86. The molecule has 2 saturated heterocycles. The van der Waals surface area contributed by atoms with Crippen LogP contribution in [0.5, 0.6) is 5.75 Å². The number of carbonyl (C=O) groups is 2. The summed E-state index contributed by atoms with van der Waals surface area (Å²) in [4.78, 5) is 38.9. The van der Waals surface area contributed by atoms with Crippen LogP contribution in [-0.2, 0) is 9.47 Å². The second-order valence-electron chi connectivity index (χ2n) is 10.1. The molecule has 3 amide bonds. The van der Waals surface area contributed by atoms with Gasteiger partial charge in [0.15, 0.2) is 11.6 Å². The van der Waals surface area contributed by atoms with Crippen molar-refractivity contribution in [3.63, 3.8) is 0 Å². The number of rotatable bonds is 6. The molecule has 3 aliphatic heterocycles. The van der Waals surface area contributed by atoms with Gasteiger partial charge in [-0.1, -0.05) is 13.8 Å². The summed E-state index contributed by atoms with van der Waals surface area (Å²) in [7, 11) is 0. The van der Waals surface area contributed by atoms with Crippen molar-refractivity contribution in [2.24, 2.45) is 0 Å². The van der Waals surface area contributed by atoms with E-state index in [-0.39, 0.29) is 30.1 Å². The first-order valence-corrected chi connectivity index (χ1v) is 13.4. The van der Waals surface area contributed by atoms with Gasteiger partial charge in [-0.2, -0.15) is 0 Å². The molecule has 11 heteroatoms. The maximum absolute atomic E-state index is 13.5. The van der Waals surface area contributed by atoms with Crippen molar-refractivity contribution >= 4 is 29.3 Å². The van der Waals surface area contributed by atoms with Crippen LogP contribution >= 0.6 is 0 Å². The summed E-state index contributed by atoms with van der Waals surface area (Å²) in [6.45, 7) is 10.1. The number of amides is 3. The van der Waals surface area contributed by atoms with Crippen LogP contribution < -0.4 is 25.2 Å². The van der Waals surface area contributed by atoms with E-state index in [1.165, 1.54) is 0 Å². The third-order valence-electron chi connectivity index (χ3n) is 6.79. The molecule has 1 saturated carbocycles. The highest BCUT2D eigenvalue weighted by Gasteiger charge is 2.41. The normalized spacial score (nSPS) is 22.7. The average molecular weight is 525 g/mol. The van der Waals surface area contributed by atoms with Gasteiger partial charge in [0, 0.05) is 31.4 Å². The average Bonchev–Trinajstić information content (AvgIpc) is 3.52. The topological polar surface area (TPSA) is 118 Å². The number of hydrogen-bond acceptors (Lipinski definition) is 8. The van der Waals surface area contributed by atoms with Gasteiger partial charge in [-0.15, -0.1) is 0 Å². The Kier molecular flexibility index (Phi) is 7.40. The van der Waals surface area contributed by atoms with Crippen LogP contribution in [0.25, 0.3) is 0 Å². The van der Waals surface area contributed by atoms with Crippen molar-refractivity contribution in [2.75, 3.05) is 41.4 Å². The predicted octanol–water partition coefficient (Wildman–Crippen LogP) is 3.56. The van der Waals surface area contributed by atoms with Gasteiger partial charge in [0.2, 0.25) is 0 Å². The SMILES string of the molecule is CC.CC1(C)OCC(COc2ccnc(NC(=O)N3c4nc(C(=O)NC5CC5)ccc4N4CCC3C4)c2)O1. The second-order valence-corrected chi connectivity index (χ2v) is 10.1.